The van der Waals surface area contributed by atoms with Gasteiger partial charge in [-0.15, -0.1) is 0 Å². The average molecular weight is 238 g/mol. The fraction of sp³-hybridized carbons (Fsp3) is 1.00. The first-order valence-electron chi connectivity index (χ1n) is 7.81. The predicted molar refractivity (Wildman–Crippen MR) is 74.3 cm³/mol. The second-order valence-electron chi connectivity index (χ2n) is 6.00. The van der Waals surface area contributed by atoms with Gasteiger partial charge >= 0.3 is 0 Å². The molecule has 0 radical (unpaired) electrons. The molecule has 0 spiro atoms. The van der Waals surface area contributed by atoms with Crippen LogP contribution in [0.15, 0.2) is 0 Å². The molecule has 1 saturated heterocycles. The Morgan fingerprint density at radius 2 is 2.00 bits per heavy atom. The van der Waals surface area contributed by atoms with E-state index in [1.807, 2.05) is 0 Å². The van der Waals surface area contributed by atoms with E-state index in [2.05, 4.69) is 24.1 Å². The van der Waals surface area contributed by atoms with Crippen molar-refractivity contribution in [3.05, 3.63) is 0 Å². The monoisotopic (exact) mass is 238 g/mol. The normalized spacial score (nSPS) is 33.0. The summed E-state index contributed by atoms with van der Waals surface area (Å²) in [7, 11) is 0. The Morgan fingerprint density at radius 3 is 2.71 bits per heavy atom. The molecule has 0 aromatic heterocycles. The summed E-state index contributed by atoms with van der Waals surface area (Å²) in [4.78, 5) is 2.64. The lowest BCUT2D eigenvalue weighted by Gasteiger charge is -2.25. The Morgan fingerprint density at radius 1 is 1.18 bits per heavy atom. The van der Waals surface area contributed by atoms with Crippen LogP contribution in [0.3, 0.4) is 0 Å². The highest BCUT2D eigenvalue weighted by Crippen LogP contribution is 2.33. The first-order valence-corrected chi connectivity index (χ1v) is 7.81. The SMILES string of the molecule is CCCCN(CC)CC1CC2CCCCC2N1. The van der Waals surface area contributed by atoms with Crippen LogP contribution in [0.2, 0.25) is 0 Å². The molecule has 3 unspecified atom stereocenters. The van der Waals surface area contributed by atoms with Crippen LogP contribution in [0, 0.1) is 5.92 Å². The maximum Gasteiger partial charge on any atom is 0.0200 e. The van der Waals surface area contributed by atoms with Crippen molar-refractivity contribution in [2.45, 2.75) is 70.9 Å². The molecule has 100 valence electrons. The number of nitrogens with zero attached hydrogens (tertiary/aromatic N) is 1. The number of unbranched alkanes of at least 4 members (excludes halogenated alkanes) is 1. The smallest absolute Gasteiger partial charge is 0.0200 e. The molecule has 17 heavy (non-hydrogen) atoms. The maximum atomic E-state index is 3.89. The van der Waals surface area contributed by atoms with Crippen molar-refractivity contribution in [2.24, 2.45) is 5.92 Å². The summed E-state index contributed by atoms with van der Waals surface area (Å²) in [5.74, 6) is 0.999. The molecular weight excluding hydrogens is 208 g/mol. The molecule has 0 aromatic carbocycles. The Labute approximate surface area is 107 Å². The van der Waals surface area contributed by atoms with Crippen molar-refractivity contribution in [1.29, 1.82) is 0 Å². The second-order valence-corrected chi connectivity index (χ2v) is 6.00. The van der Waals surface area contributed by atoms with Crippen molar-refractivity contribution in [1.82, 2.24) is 10.2 Å². The molecule has 2 fully saturated rings. The molecule has 2 rings (SSSR count). The first-order chi connectivity index (χ1) is 8.33. The van der Waals surface area contributed by atoms with Crippen LogP contribution in [0.25, 0.3) is 0 Å². The number of likely N-dealkylation sites (N-methyl/N-ethyl adjacent to an activating group) is 1. The molecule has 0 amide bonds. The van der Waals surface area contributed by atoms with Crippen LogP contribution in [0.1, 0.15) is 58.8 Å². The third kappa shape index (κ3) is 3.69. The highest BCUT2D eigenvalue weighted by molar-refractivity contribution is 4.93. The lowest BCUT2D eigenvalue weighted by atomic mass is 9.85. The molecule has 0 bridgehead atoms. The summed E-state index contributed by atoms with van der Waals surface area (Å²) in [5, 5.41) is 3.89. The highest BCUT2D eigenvalue weighted by Gasteiger charge is 2.35. The zero-order chi connectivity index (χ0) is 12.1. The maximum absolute atomic E-state index is 3.89. The zero-order valence-electron chi connectivity index (χ0n) is 11.8. The van der Waals surface area contributed by atoms with Gasteiger partial charge in [0.1, 0.15) is 0 Å². The van der Waals surface area contributed by atoms with Crippen molar-refractivity contribution < 1.29 is 0 Å². The fourth-order valence-electron chi connectivity index (χ4n) is 3.64. The molecule has 1 heterocycles. The highest BCUT2D eigenvalue weighted by atomic mass is 15.2. The van der Waals surface area contributed by atoms with E-state index in [1.165, 1.54) is 64.6 Å². The minimum atomic E-state index is 0.778. The van der Waals surface area contributed by atoms with Gasteiger partial charge in [-0.25, -0.2) is 0 Å². The van der Waals surface area contributed by atoms with E-state index < -0.39 is 0 Å². The van der Waals surface area contributed by atoms with Crippen LogP contribution in [-0.2, 0) is 0 Å². The molecular formula is C15H30N2. The predicted octanol–water partition coefficient (Wildman–Crippen LogP) is 3.03. The van der Waals surface area contributed by atoms with Crippen LogP contribution in [0.4, 0.5) is 0 Å². The number of fused-ring (bicyclic) bond motifs is 1. The van der Waals surface area contributed by atoms with Crippen molar-refractivity contribution in [2.75, 3.05) is 19.6 Å². The number of nitrogens with one attached hydrogen (secondary N) is 1. The summed E-state index contributed by atoms with van der Waals surface area (Å²) in [6.07, 6.45) is 9.95. The van der Waals surface area contributed by atoms with E-state index >= 15 is 0 Å². The topological polar surface area (TPSA) is 15.3 Å². The van der Waals surface area contributed by atoms with Gasteiger partial charge < -0.3 is 10.2 Å². The Hall–Kier alpha value is -0.0800. The Kier molecular flexibility index (Phi) is 5.30. The lowest BCUT2D eigenvalue weighted by molar-refractivity contribution is 0.254. The van der Waals surface area contributed by atoms with Crippen LogP contribution in [0.5, 0.6) is 0 Å². The lowest BCUT2D eigenvalue weighted by Crippen LogP contribution is -2.40. The van der Waals surface area contributed by atoms with Gasteiger partial charge in [0.15, 0.2) is 0 Å². The van der Waals surface area contributed by atoms with Gasteiger partial charge in [0.25, 0.3) is 0 Å². The van der Waals surface area contributed by atoms with Gasteiger partial charge in [-0.05, 0) is 44.7 Å². The van der Waals surface area contributed by atoms with Gasteiger partial charge in [0.2, 0.25) is 0 Å². The van der Waals surface area contributed by atoms with E-state index in [9.17, 15) is 0 Å². The minimum Gasteiger partial charge on any atom is -0.310 e. The fourth-order valence-corrected chi connectivity index (χ4v) is 3.64. The summed E-state index contributed by atoms with van der Waals surface area (Å²) in [6.45, 7) is 8.38. The van der Waals surface area contributed by atoms with Crippen molar-refractivity contribution in [3.63, 3.8) is 0 Å². The second kappa shape index (κ2) is 6.75. The molecule has 1 aliphatic carbocycles. The third-order valence-corrected chi connectivity index (χ3v) is 4.70. The van der Waals surface area contributed by atoms with Gasteiger partial charge in [-0.2, -0.15) is 0 Å². The quantitative estimate of drug-likeness (QED) is 0.765. The summed E-state index contributed by atoms with van der Waals surface area (Å²) < 4.78 is 0. The summed E-state index contributed by atoms with van der Waals surface area (Å²) in [5.41, 5.74) is 0. The van der Waals surface area contributed by atoms with E-state index in [1.54, 1.807) is 0 Å². The number of hydrogen-bond donors (Lipinski definition) is 1. The minimum absolute atomic E-state index is 0.778. The largest absolute Gasteiger partial charge is 0.310 e. The van der Waals surface area contributed by atoms with E-state index in [-0.39, 0.29) is 0 Å². The Bertz CT molecular complexity index is 203. The van der Waals surface area contributed by atoms with Crippen molar-refractivity contribution >= 4 is 0 Å². The molecule has 3 atom stereocenters. The van der Waals surface area contributed by atoms with Crippen LogP contribution in [-0.4, -0.2) is 36.6 Å². The van der Waals surface area contributed by atoms with Crippen LogP contribution >= 0.6 is 0 Å². The van der Waals surface area contributed by atoms with Gasteiger partial charge in [-0.1, -0.05) is 33.1 Å². The van der Waals surface area contributed by atoms with E-state index in [0.717, 1.165) is 18.0 Å². The standard InChI is InChI=1S/C15H30N2/c1-3-5-10-17(4-2)12-14-11-13-8-6-7-9-15(13)16-14/h13-16H,3-12H2,1-2H3. The third-order valence-electron chi connectivity index (χ3n) is 4.70. The molecule has 1 saturated carbocycles. The van der Waals surface area contributed by atoms with Crippen molar-refractivity contribution in [3.8, 4) is 0 Å². The van der Waals surface area contributed by atoms with Gasteiger partial charge in [0, 0.05) is 18.6 Å². The average Bonchev–Trinajstić information content (AvgIpc) is 2.76. The zero-order valence-corrected chi connectivity index (χ0v) is 11.8. The van der Waals surface area contributed by atoms with Gasteiger partial charge in [0.05, 0.1) is 0 Å². The number of rotatable bonds is 6. The molecule has 0 aromatic rings. The molecule has 2 aliphatic rings. The first kappa shape index (κ1) is 13.4. The van der Waals surface area contributed by atoms with Gasteiger partial charge in [-0.3, -0.25) is 0 Å². The molecule has 2 nitrogen and oxygen atoms in total. The Balaban J connectivity index is 1.75. The van der Waals surface area contributed by atoms with E-state index in [0.29, 0.717) is 0 Å². The summed E-state index contributed by atoms with van der Waals surface area (Å²) in [6, 6.07) is 1.64. The molecule has 1 aliphatic heterocycles. The van der Waals surface area contributed by atoms with Crippen LogP contribution < -0.4 is 5.32 Å². The summed E-state index contributed by atoms with van der Waals surface area (Å²) >= 11 is 0. The number of hydrogen-bond acceptors (Lipinski definition) is 2. The van der Waals surface area contributed by atoms with E-state index in [4.69, 9.17) is 0 Å². The molecule has 1 N–H and O–H groups in total. The molecule has 2 heteroatoms.